The van der Waals surface area contributed by atoms with Gasteiger partial charge in [0.25, 0.3) is 0 Å². The average molecular weight is 585 g/mol. The van der Waals surface area contributed by atoms with Gasteiger partial charge in [-0.25, -0.2) is 0 Å². The SMILES string of the molecule is CC(=O)OC[C@H]1O[C@@H](O[C@H]2C[C@@H](C)[C@H](/C=C/[C@@H](C)OC(C)=O)C(C)(C)C2)[C@H](OC(C)=O)[C@@H](OC(C)=O)[C@@H]1OC(C)=O. The summed E-state index contributed by atoms with van der Waals surface area (Å²) in [5.41, 5.74) is -0.243. The lowest BCUT2D eigenvalue weighted by atomic mass is 9.63. The lowest BCUT2D eigenvalue weighted by Crippen LogP contribution is -2.63. The van der Waals surface area contributed by atoms with Crippen molar-refractivity contribution in [3.8, 4) is 0 Å². The van der Waals surface area contributed by atoms with Gasteiger partial charge in [0.05, 0.1) is 6.10 Å². The summed E-state index contributed by atoms with van der Waals surface area (Å²) in [6.45, 7) is 13.9. The molecule has 2 fully saturated rings. The molecule has 1 heterocycles. The topological polar surface area (TPSA) is 150 Å². The number of allylic oxidation sites excluding steroid dienone is 1. The van der Waals surface area contributed by atoms with Gasteiger partial charge in [-0.15, -0.1) is 0 Å². The highest BCUT2D eigenvalue weighted by atomic mass is 16.7. The van der Waals surface area contributed by atoms with E-state index in [1.807, 2.05) is 6.08 Å². The third-order valence-corrected chi connectivity index (χ3v) is 7.12. The Kier molecular flexibility index (Phi) is 12.3. The van der Waals surface area contributed by atoms with Crippen molar-refractivity contribution >= 4 is 29.8 Å². The fraction of sp³-hybridized carbons (Fsp3) is 0.759. The van der Waals surface area contributed by atoms with Gasteiger partial charge < -0.3 is 33.2 Å². The second kappa shape index (κ2) is 14.8. The third-order valence-electron chi connectivity index (χ3n) is 7.12. The lowest BCUT2D eigenvalue weighted by Gasteiger charge is -2.48. The van der Waals surface area contributed by atoms with E-state index in [1.165, 1.54) is 34.6 Å². The van der Waals surface area contributed by atoms with Crippen molar-refractivity contribution in [2.75, 3.05) is 6.61 Å². The second-order valence-corrected chi connectivity index (χ2v) is 11.5. The van der Waals surface area contributed by atoms with Crippen LogP contribution < -0.4 is 0 Å². The molecule has 0 amide bonds. The Morgan fingerprint density at radius 3 is 1.93 bits per heavy atom. The van der Waals surface area contributed by atoms with E-state index in [2.05, 4.69) is 26.8 Å². The Bertz CT molecular complexity index is 988. The van der Waals surface area contributed by atoms with Crippen LogP contribution in [-0.4, -0.2) is 79.4 Å². The normalized spacial score (nSPS) is 31.9. The van der Waals surface area contributed by atoms with Crippen LogP contribution in [0.4, 0.5) is 0 Å². The quantitative estimate of drug-likeness (QED) is 0.211. The van der Waals surface area contributed by atoms with E-state index in [1.54, 1.807) is 6.92 Å². The van der Waals surface area contributed by atoms with Crippen molar-refractivity contribution in [1.29, 1.82) is 0 Å². The molecule has 12 nitrogen and oxygen atoms in total. The summed E-state index contributed by atoms with van der Waals surface area (Å²) in [6, 6.07) is 0. The van der Waals surface area contributed by atoms with Crippen LogP contribution >= 0.6 is 0 Å². The first-order valence-electron chi connectivity index (χ1n) is 13.8. The number of hydrogen-bond acceptors (Lipinski definition) is 12. The van der Waals surface area contributed by atoms with Crippen LogP contribution in [0.5, 0.6) is 0 Å². The maximum atomic E-state index is 12.1. The maximum Gasteiger partial charge on any atom is 0.303 e. The Hall–Kier alpha value is -2.99. The molecule has 2 aliphatic rings. The van der Waals surface area contributed by atoms with Crippen LogP contribution in [-0.2, 0) is 57.1 Å². The number of hydrogen-bond donors (Lipinski definition) is 0. The lowest BCUT2D eigenvalue weighted by molar-refractivity contribution is -0.321. The first-order valence-corrected chi connectivity index (χ1v) is 13.8. The van der Waals surface area contributed by atoms with Crippen molar-refractivity contribution in [3.63, 3.8) is 0 Å². The third kappa shape index (κ3) is 10.4. The summed E-state index contributed by atoms with van der Waals surface area (Å²) < 4.78 is 39.3. The molecule has 9 atom stereocenters. The van der Waals surface area contributed by atoms with Crippen molar-refractivity contribution in [3.05, 3.63) is 12.2 Å². The Labute approximate surface area is 241 Å². The highest BCUT2D eigenvalue weighted by Gasteiger charge is 2.54. The molecule has 0 unspecified atom stereocenters. The van der Waals surface area contributed by atoms with Crippen LogP contribution in [0.2, 0.25) is 0 Å². The van der Waals surface area contributed by atoms with E-state index < -0.39 is 54.6 Å². The molecule has 1 aliphatic heterocycles. The van der Waals surface area contributed by atoms with Gasteiger partial charge in [-0.2, -0.15) is 0 Å². The van der Waals surface area contributed by atoms with Gasteiger partial charge in [0, 0.05) is 34.6 Å². The minimum absolute atomic E-state index is 0.148. The van der Waals surface area contributed by atoms with Crippen molar-refractivity contribution in [2.24, 2.45) is 17.3 Å². The van der Waals surface area contributed by atoms with Crippen molar-refractivity contribution < 1.29 is 57.1 Å². The van der Waals surface area contributed by atoms with Crippen LogP contribution in [0.25, 0.3) is 0 Å². The summed E-state index contributed by atoms with van der Waals surface area (Å²) in [5.74, 6) is -2.74. The molecule has 232 valence electrons. The van der Waals surface area contributed by atoms with E-state index in [-0.39, 0.29) is 42.0 Å². The summed E-state index contributed by atoms with van der Waals surface area (Å²) >= 11 is 0. The molecule has 2 rings (SSSR count). The molecule has 12 heteroatoms. The molecular formula is C29H44O12. The van der Waals surface area contributed by atoms with E-state index in [4.69, 9.17) is 33.2 Å². The molecular weight excluding hydrogens is 540 g/mol. The number of ether oxygens (including phenoxy) is 7. The molecule has 0 N–H and O–H groups in total. The molecule has 1 saturated carbocycles. The first-order chi connectivity index (χ1) is 19.0. The Morgan fingerprint density at radius 1 is 0.854 bits per heavy atom. The highest BCUT2D eigenvalue weighted by Crippen LogP contribution is 2.46. The van der Waals surface area contributed by atoms with Crippen molar-refractivity contribution in [1.82, 2.24) is 0 Å². The minimum atomic E-state index is -1.29. The zero-order valence-corrected chi connectivity index (χ0v) is 25.4. The first kappa shape index (κ1) is 34.2. The zero-order chi connectivity index (χ0) is 31.1. The minimum Gasteiger partial charge on any atom is -0.463 e. The van der Waals surface area contributed by atoms with Crippen LogP contribution in [0.15, 0.2) is 12.2 Å². The smallest absolute Gasteiger partial charge is 0.303 e. The molecule has 41 heavy (non-hydrogen) atoms. The summed E-state index contributed by atoms with van der Waals surface area (Å²) in [4.78, 5) is 59.0. The fourth-order valence-corrected chi connectivity index (χ4v) is 5.76. The number of carbonyl (C=O) groups excluding carboxylic acids is 5. The van der Waals surface area contributed by atoms with Crippen LogP contribution in [0, 0.1) is 17.3 Å². The standard InChI is InChI=1S/C29H44O12/c1-15-12-22(13-29(8,9)23(15)11-10-16(2)36-18(4)31)40-28-27(39-21(7)34)26(38-20(6)33)25(37-19(5)32)24(41-28)14-35-17(3)30/h10-11,15-16,22-28H,12-14H2,1-9H3/b11-10+/t15-,16-,22+,23+,24-,25-,26+,27-,28-/m1/s1. The molecule has 0 spiro atoms. The Morgan fingerprint density at radius 2 is 1.41 bits per heavy atom. The zero-order valence-electron chi connectivity index (χ0n) is 25.4. The molecule has 0 bridgehead atoms. The average Bonchev–Trinajstić information content (AvgIpc) is 2.79. The summed E-state index contributed by atoms with van der Waals surface area (Å²) in [5, 5.41) is 0. The molecule has 0 aromatic heterocycles. The maximum absolute atomic E-state index is 12.1. The van der Waals surface area contributed by atoms with Gasteiger partial charge in [0.1, 0.15) is 18.8 Å². The number of rotatable bonds is 10. The van der Waals surface area contributed by atoms with E-state index in [9.17, 15) is 24.0 Å². The van der Waals surface area contributed by atoms with Gasteiger partial charge in [0.15, 0.2) is 24.6 Å². The predicted octanol–water partition coefficient (Wildman–Crippen LogP) is 3.03. The van der Waals surface area contributed by atoms with Gasteiger partial charge in [0.2, 0.25) is 0 Å². The van der Waals surface area contributed by atoms with Crippen LogP contribution in [0.1, 0.15) is 75.2 Å². The van der Waals surface area contributed by atoms with Gasteiger partial charge in [-0.1, -0.05) is 26.8 Å². The van der Waals surface area contributed by atoms with Crippen LogP contribution in [0.3, 0.4) is 0 Å². The largest absolute Gasteiger partial charge is 0.463 e. The van der Waals surface area contributed by atoms with E-state index >= 15 is 0 Å². The monoisotopic (exact) mass is 584 g/mol. The fourth-order valence-electron chi connectivity index (χ4n) is 5.76. The molecule has 1 aliphatic carbocycles. The molecule has 1 saturated heterocycles. The molecule has 0 aromatic rings. The summed E-state index contributed by atoms with van der Waals surface area (Å²) in [6.07, 6.45) is -1.63. The Balaban J connectivity index is 2.35. The predicted molar refractivity (Wildman–Crippen MR) is 143 cm³/mol. The van der Waals surface area contributed by atoms with Gasteiger partial charge in [-0.3, -0.25) is 24.0 Å². The van der Waals surface area contributed by atoms with E-state index in [0.29, 0.717) is 12.8 Å². The summed E-state index contributed by atoms with van der Waals surface area (Å²) in [7, 11) is 0. The van der Waals surface area contributed by atoms with Gasteiger partial charge >= 0.3 is 29.8 Å². The van der Waals surface area contributed by atoms with E-state index in [0.717, 1.165) is 0 Å². The second-order valence-electron chi connectivity index (χ2n) is 11.5. The number of esters is 5. The number of carbonyl (C=O) groups is 5. The highest BCUT2D eigenvalue weighted by molar-refractivity contribution is 5.69. The van der Waals surface area contributed by atoms with Crippen molar-refractivity contribution in [2.45, 2.75) is 118 Å². The molecule has 0 aromatic carbocycles. The van der Waals surface area contributed by atoms with Gasteiger partial charge in [-0.05, 0) is 43.1 Å². The molecule has 0 radical (unpaired) electrons.